The second-order valence-electron chi connectivity index (χ2n) is 4.54. The average Bonchev–Trinajstić information content (AvgIpc) is 3.22. The molecule has 1 amide bonds. The number of amides is 1. The molecule has 0 aliphatic carbocycles. The third-order valence-corrected chi connectivity index (χ3v) is 4.65. The lowest BCUT2D eigenvalue weighted by Crippen LogP contribution is -2.13. The SMILES string of the molecule is CCc1nnc(NC(=O)CSc2nnc(-c3ccccc3F)o2)s1. The van der Waals surface area contributed by atoms with Gasteiger partial charge in [0.05, 0.1) is 11.3 Å². The average molecular weight is 365 g/mol. The van der Waals surface area contributed by atoms with Crippen molar-refractivity contribution >= 4 is 34.1 Å². The summed E-state index contributed by atoms with van der Waals surface area (Å²) in [6.45, 7) is 1.96. The first-order valence-corrected chi connectivity index (χ1v) is 8.79. The first kappa shape index (κ1) is 16.5. The Kier molecular flexibility index (Phi) is 5.16. The number of benzene rings is 1. The second-order valence-corrected chi connectivity index (χ2v) is 6.53. The molecule has 24 heavy (non-hydrogen) atoms. The molecule has 0 saturated carbocycles. The van der Waals surface area contributed by atoms with Crippen molar-refractivity contribution in [3.8, 4) is 11.5 Å². The molecule has 2 heterocycles. The van der Waals surface area contributed by atoms with Crippen molar-refractivity contribution in [3.05, 3.63) is 35.1 Å². The van der Waals surface area contributed by atoms with Crippen LogP contribution in [0.4, 0.5) is 9.52 Å². The minimum Gasteiger partial charge on any atom is -0.411 e. The number of nitrogens with zero attached hydrogens (tertiary/aromatic N) is 4. The van der Waals surface area contributed by atoms with Crippen LogP contribution in [-0.2, 0) is 11.2 Å². The molecule has 1 N–H and O–H groups in total. The van der Waals surface area contributed by atoms with Gasteiger partial charge >= 0.3 is 0 Å². The zero-order valence-corrected chi connectivity index (χ0v) is 14.2. The van der Waals surface area contributed by atoms with Crippen molar-refractivity contribution in [2.45, 2.75) is 18.6 Å². The number of rotatable bonds is 6. The summed E-state index contributed by atoms with van der Waals surface area (Å²) in [5.74, 6) is -0.560. The van der Waals surface area contributed by atoms with Crippen LogP contribution in [0.2, 0.25) is 0 Å². The van der Waals surface area contributed by atoms with Crippen LogP contribution in [0.3, 0.4) is 0 Å². The summed E-state index contributed by atoms with van der Waals surface area (Å²) in [4.78, 5) is 11.9. The molecule has 1 aromatic carbocycles. The number of halogens is 1. The maximum Gasteiger partial charge on any atom is 0.277 e. The number of carbonyl (C=O) groups excluding carboxylic acids is 1. The van der Waals surface area contributed by atoms with Crippen LogP contribution in [0, 0.1) is 5.82 Å². The number of aromatic nitrogens is 4. The van der Waals surface area contributed by atoms with Gasteiger partial charge in [-0.1, -0.05) is 42.2 Å². The minimum absolute atomic E-state index is 0.0694. The fourth-order valence-electron chi connectivity index (χ4n) is 1.74. The predicted octanol–water partition coefficient (Wildman–Crippen LogP) is 3.02. The van der Waals surface area contributed by atoms with Crippen molar-refractivity contribution in [2.75, 3.05) is 11.1 Å². The molecule has 0 fully saturated rings. The molecular formula is C14H12FN5O2S2. The Bertz CT molecular complexity index is 851. The smallest absolute Gasteiger partial charge is 0.277 e. The third kappa shape index (κ3) is 3.95. The van der Waals surface area contributed by atoms with Gasteiger partial charge < -0.3 is 4.42 Å². The summed E-state index contributed by atoms with van der Waals surface area (Å²) in [5.41, 5.74) is 0.224. The number of carbonyl (C=O) groups is 1. The summed E-state index contributed by atoms with van der Waals surface area (Å²) in [6.07, 6.45) is 0.767. The minimum atomic E-state index is -0.446. The first-order valence-electron chi connectivity index (χ1n) is 6.99. The zero-order chi connectivity index (χ0) is 16.9. The number of hydrogen-bond acceptors (Lipinski definition) is 8. The molecule has 3 rings (SSSR count). The number of aryl methyl sites for hydroxylation is 1. The van der Waals surface area contributed by atoms with Crippen LogP contribution in [0.5, 0.6) is 0 Å². The van der Waals surface area contributed by atoms with E-state index in [0.29, 0.717) is 5.13 Å². The quantitative estimate of drug-likeness (QED) is 0.671. The van der Waals surface area contributed by atoms with Gasteiger partial charge in [0.25, 0.3) is 11.1 Å². The lowest BCUT2D eigenvalue weighted by molar-refractivity contribution is -0.113. The summed E-state index contributed by atoms with van der Waals surface area (Å²) in [5, 5.41) is 19.5. The third-order valence-electron chi connectivity index (χ3n) is 2.85. The fraction of sp³-hybridized carbons (Fsp3) is 0.214. The molecule has 2 aromatic heterocycles. The molecule has 7 nitrogen and oxygen atoms in total. The highest BCUT2D eigenvalue weighted by atomic mass is 32.2. The van der Waals surface area contributed by atoms with Gasteiger partial charge in [-0.05, 0) is 18.6 Å². The molecule has 0 aliphatic heterocycles. The van der Waals surface area contributed by atoms with Crippen molar-refractivity contribution in [2.24, 2.45) is 0 Å². The first-order chi connectivity index (χ1) is 11.7. The van der Waals surface area contributed by atoms with Crippen LogP contribution >= 0.6 is 23.1 Å². The van der Waals surface area contributed by atoms with Crippen molar-refractivity contribution in [3.63, 3.8) is 0 Å². The molecule has 124 valence electrons. The highest BCUT2D eigenvalue weighted by Gasteiger charge is 2.14. The van der Waals surface area contributed by atoms with E-state index in [0.717, 1.165) is 23.2 Å². The summed E-state index contributed by atoms with van der Waals surface area (Å²) < 4.78 is 19.0. The Morgan fingerprint density at radius 3 is 2.88 bits per heavy atom. The molecular weight excluding hydrogens is 353 g/mol. The predicted molar refractivity (Wildman–Crippen MR) is 88.3 cm³/mol. The standard InChI is InChI=1S/C14H12FN5O2S2/c1-2-11-17-19-13(24-11)16-10(21)7-23-14-20-18-12(22-14)8-5-3-4-6-9(8)15/h3-6H,2,7H2,1H3,(H,16,19,21). The topological polar surface area (TPSA) is 93.8 Å². The Labute approximate surface area is 144 Å². The van der Waals surface area contributed by atoms with Crippen molar-refractivity contribution < 1.29 is 13.6 Å². The van der Waals surface area contributed by atoms with Gasteiger partial charge in [-0.2, -0.15) is 0 Å². The van der Waals surface area contributed by atoms with Crippen LogP contribution in [0.1, 0.15) is 11.9 Å². The van der Waals surface area contributed by atoms with Gasteiger partial charge in [-0.25, -0.2) is 4.39 Å². The van der Waals surface area contributed by atoms with E-state index < -0.39 is 5.82 Å². The van der Waals surface area contributed by atoms with Crippen LogP contribution in [-0.4, -0.2) is 32.1 Å². The largest absolute Gasteiger partial charge is 0.411 e. The van der Waals surface area contributed by atoms with E-state index in [1.165, 1.54) is 17.4 Å². The lowest BCUT2D eigenvalue weighted by Gasteiger charge is -1.98. The molecule has 0 spiro atoms. The Balaban J connectivity index is 1.57. The van der Waals surface area contributed by atoms with E-state index in [1.54, 1.807) is 18.2 Å². The Hall–Kier alpha value is -2.33. The Morgan fingerprint density at radius 2 is 2.12 bits per heavy atom. The highest BCUT2D eigenvalue weighted by Crippen LogP contribution is 2.25. The molecule has 0 unspecified atom stereocenters. The van der Waals surface area contributed by atoms with Gasteiger partial charge in [0.2, 0.25) is 11.0 Å². The van der Waals surface area contributed by atoms with Crippen LogP contribution in [0.15, 0.2) is 33.9 Å². The zero-order valence-electron chi connectivity index (χ0n) is 12.5. The second kappa shape index (κ2) is 7.49. The number of hydrogen-bond donors (Lipinski definition) is 1. The molecule has 0 aliphatic rings. The van der Waals surface area contributed by atoms with E-state index in [-0.39, 0.29) is 28.3 Å². The van der Waals surface area contributed by atoms with E-state index in [1.807, 2.05) is 6.92 Å². The van der Waals surface area contributed by atoms with Gasteiger partial charge in [0.1, 0.15) is 10.8 Å². The summed E-state index contributed by atoms with van der Waals surface area (Å²) in [7, 11) is 0. The van der Waals surface area contributed by atoms with E-state index >= 15 is 0 Å². The molecule has 0 atom stereocenters. The van der Waals surface area contributed by atoms with E-state index in [9.17, 15) is 9.18 Å². The molecule has 0 bridgehead atoms. The fourth-order valence-corrected chi connectivity index (χ4v) is 3.00. The van der Waals surface area contributed by atoms with E-state index in [4.69, 9.17) is 4.42 Å². The lowest BCUT2D eigenvalue weighted by atomic mass is 10.2. The van der Waals surface area contributed by atoms with Crippen LogP contribution < -0.4 is 5.32 Å². The molecule has 3 aromatic rings. The summed E-state index contributed by atoms with van der Waals surface area (Å²) in [6, 6.07) is 6.11. The number of thioether (sulfide) groups is 1. The maximum absolute atomic E-state index is 13.7. The van der Waals surface area contributed by atoms with Crippen molar-refractivity contribution in [1.29, 1.82) is 0 Å². The molecule has 0 saturated heterocycles. The van der Waals surface area contributed by atoms with E-state index in [2.05, 4.69) is 25.7 Å². The van der Waals surface area contributed by atoms with Gasteiger partial charge in [-0.3, -0.25) is 10.1 Å². The van der Waals surface area contributed by atoms with Gasteiger partial charge in [-0.15, -0.1) is 20.4 Å². The number of anilines is 1. The van der Waals surface area contributed by atoms with Gasteiger partial charge in [0, 0.05) is 0 Å². The highest BCUT2D eigenvalue weighted by molar-refractivity contribution is 7.99. The molecule has 0 radical (unpaired) electrons. The number of nitrogens with one attached hydrogen (secondary N) is 1. The Morgan fingerprint density at radius 1 is 1.29 bits per heavy atom. The normalized spacial score (nSPS) is 10.8. The molecule has 10 heteroatoms. The monoisotopic (exact) mass is 365 g/mol. The maximum atomic E-state index is 13.7. The summed E-state index contributed by atoms with van der Waals surface area (Å²) >= 11 is 2.39. The van der Waals surface area contributed by atoms with Gasteiger partial charge in [0.15, 0.2) is 0 Å². The van der Waals surface area contributed by atoms with Crippen LogP contribution in [0.25, 0.3) is 11.5 Å². The van der Waals surface area contributed by atoms with Crippen molar-refractivity contribution in [1.82, 2.24) is 20.4 Å².